The summed E-state index contributed by atoms with van der Waals surface area (Å²) in [6.45, 7) is 2.40. The van der Waals surface area contributed by atoms with Gasteiger partial charge in [-0.15, -0.1) is 0 Å². The van der Waals surface area contributed by atoms with Crippen LogP contribution < -0.4 is 4.90 Å². The van der Waals surface area contributed by atoms with Crippen LogP contribution in [0.25, 0.3) is 0 Å². The van der Waals surface area contributed by atoms with Gasteiger partial charge < -0.3 is 4.90 Å². The molecule has 1 saturated heterocycles. The van der Waals surface area contributed by atoms with Crippen molar-refractivity contribution in [2.45, 2.75) is 42.6 Å². The number of sulfone groups is 1. The number of anilines is 1. The number of nitro groups is 1. The molecule has 128 valence electrons. The second kappa shape index (κ2) is 5.99. The highest BCUT2D eigenvalue weighted by Gasteiger charge is 2.47. The Balaban J connectivity index is 2.54. The molecule has 0 aliphatic carbocycles. The monoisotopic (exact) mass is 352 g/mol. The summed E-state index contributed by atoms with van der Waals surface area (Å²) >= 11 is 0. The number of hydrogen-bond acceptors (Lipinski definition) is 5. The van der Waals surface area contributed by atoms with Gasteiger partial charge in [-0.25, -0.2) is 8.42 Å². The molecule has 0 amide bonds. The number of piperidine rings is 1. The van der Waals surface area contributed by atoms with Crippen LogP contribution in [0.15, 0.2) is 23.1 Å². The average molecular weight is 352 g/mol. The van der Waals surface area contributed by atoms with E-state index in [1.807, 2.05) is 6.92 Å². The fraction of sp³-hybridized carbons (Fsp3) is 0.538. The molecular formula is C13H15F3N2O4S. The van der Waals surface area contributed by atoms with E-state index in [1.54, 1.807) is 4.90 Å². The van der Waals surface area contributed by atoms with Crippen LogP contribution in [-0.4, -0.2) is 31.4 Å². The Labute approximate surface area is 131 Å². The summed E-state index contributed by atoms with van der Waals surface area (Å²) in [5.41, 5.74) is -5.99. The molecule has 1 aromatic carbocycles. The Morgan fingerprint density at radius 2 is 1.96 bits per heavy atom. The summed E-state index contributed by atoms with van der Waals surface area (Å²) in [5.74, 6) is 0. The molecule has 23 heavy (non-hydrogen) atoms. The first-order valence-corrected chi connectivity index (χ1v) is 8.40. The SMILES string of the molecule is C[C@@H]1CCCCN1c1ccc(S(=O)(=O)C(F)(F)F)cc1[N+](=O)[O-]. The van der Waals surface area contributed by atoms with Crippen LogP contribution in [0.3, 0.4) is 0 Å². The summed E-state index contributed by atoms with van der Waals surface area (Å²) in [5, 5.41) is 11.2. The third-order valence-electron chi connectivity index (χ3n) is 3.87. The topological polar surface area (TPSA) is 80.5 Å². The summed E-state index contributed by atoms with van der Waals surface area (Å²) in [4.78, 5) is 11.0. The average Bonchev–Trinajstić information content (AvgIpc) is 2.46. The summed E-state index contributed by atoms with van der Waals surface area (Å²) < 4.78 is 60.6. The molecule has 0 saturated carbocycles. The molecule has 0 unspecified atom stereocenters. The second-order valence-electron chi connectivity index (χ2n) is 5.40. The molecular weight excluding hydrogens is 337 g/mol. The van der Waals surface area contributed by atoms with Crippen LogP contribution in [0.5, 0.6) is 0 Å². The minimum atomic E-state index is -5.62. The van der Waals surface area contributed by atoms with Gasteiger partial charge in [-0.05, 0) is 38.3 Å². The van der Waals surface area contributed by atoms with Gasteiger partial charge in [0.15, 0.2) is 0 Å². The normalized spacial score (nSPS) is 19.7. The Kier molecular flexibility index (Phi) is 4.56. The number of alkyl halides is 3. The zero-order chi connectivity index (χ0) is 17.4. The highest BCUT2D eigenvalue weighted by atomic mass is 32.2. The molecule has 6 nitrogen and oxygen atoms in total. The van der Waals surface area contributed by atoms with Crippen molar-refractivity contribution in [3.63, 3.8) is 0 Å². The lowest BCUT2D eigenvalue weighted by Crippen LogP contribution is -2.37. The van der Waals surface area contributed by atoms with Crippen LogP contribution in [0.4, 0.5) is 24.5 Å². The zero-order valence-corrected chi connectivity index (χ0v) is 13.0. The minimum absolute atomic E-state index is 0.00692. The van der Waals surface area contributed by atoms with Gasteiger partial charge in [0, 0.05) is 18.7 Å². The Morgan fingerprint density at radius 3 is 2.48 bits per heavy atom. The highest BCUT2D eigenvalue weighted by Crippen LogP contribution is 2.37. The van der Waals surface area contributed by atoms with Crippen molar-refractivity contribution in [1.82, 2.24) is 0 Å². The first kappa shape index (κ1) is 17.5. The smallest absolute Gasteiger partial charge is 0.363 e. The van der Waals surface area contributed by atoms with E-state index in [-0.39, 0.29) is 11.7 Å². The first-order chi connectivity index (χ1) is 10.6. The predicted octanol–water partition coefficient (Wildman–Crippen LogP) is 3.27. The van der Waals surface area contributed by atoms with Crippen molar-refractivity contribution < 1.29 is 26.5 Å². The van der Waals surface area contributed by atoms with E-state index in [2.05, 4.69) is 0 Å². The van der Waals surface area contributed by atoms with Crippen LogP contribution >= 0.6 is 0 Å². The van der Waals surface area contributed by atoms with Gasteiger partial charge in [0.1, 0.15) is 5.69 Å². The van der Waals surface area contributed by atoms with Gasteiger partial charge in [-0.3, -0.25) is 10.1 Å². The van der Waals surface area contributed by atoms with Gasteiger partial charge in [0.2, 0.25) is 0 Å². The predicted molar refractivity (Wildman–Crippen MR) is 77.0 cm³/mol. The lowest BCUT2D eigenvalue weighted by atomic mass is 10.0. The lowest BCUT2D eigenvalue weighted by molar-refractivity contribution is -0.384. The molecule has 1 aliphatic rings. The van der Waals surface area contributed by atoms with Gasteiger partial charge in [0.25, 0.3) is 15.5 Å². The Morgan fingerprint density at radius 1 is 1.30 bits per heavy atom. The molecule has 1 heterocycles. The fourth-order valence-electron chi connectivity index (χ4n) is 2.65. The van der Waals surface area contributed by atoms with E-state index in [0.29, 0.717) is 12.6 Å². The molecule has 0 aromatic heterocycles. The van der Waals surface area contributed by atoms with Crippen LogP contribution in [-0.2, 0) is 9.84 Å². The van der Waals surface area contributed by atoms with E-state index < -0.39 is 30.9 Å². The molecule has 1 aromatic rings. The highest BCUT2D eigenvalue weighted by molar-refractivity contribution is 7.92. The molecule has 1 aliphatic heterocycles. The van der Waals surface area contributed by atoms with Crippen LogP contribution in [0, 0.1) is 10.1 Å². The van der Waals surface area contributed by atoms with E-state index in [9.17, 15) is 31.7 Å². The third kappa shape index (κ3) is 3.26. The number of nitrogens with zero attached hydrogens (tertiary/aromatic N) is 2. The van der Waals surface area contributed by atoms with Crippen molar-refractivity contribution in [2.75, 3.05) is 11.4 Å². The number of nitro benzene ring substituents is 1. The van der Waals surface area contributed by atoms with Crippen molar-refractivity contribution in [3.8, 4) is 0 Å². The molecule has 0 spiro atoms. The summed E-state index contributed by atoms with van der Waals surface area (Å²) in [7, 11) is -5.62. The van der Waals surface area contributed by atoms with Crippen molar-refractivity contribution in [3.05, 3.63) is 28.3 Å². The van der Waals surface area contributed by atoms with Gasteiger partial charge in [0.05, 0.1) is 9.82 Å². The largest absolute Gasteiger partial charge is 0.501 e. The second-order valence-corrected chi connectivity index (χ2v) is 7.34. The fourth-order valence-corrected chi connectivity index (χ4v) is 3.43. The Hall–Kier alpha value is -1.84. The molecule has 10 heteroatoms. The summed E-state index contributed by atoms with van der Waals surface area (Å²) in [6, 6.07) is 2.33. The maximum absolute atomic E-state index is 12.6. The van der Waals surface area contributed by atoms with E-state index in [4.69, 9.17) is 0 Å². The van der Waals surface area contributed by atoms with Crippen molar-refractivity contribution >= 4 is 21.2 Å². The van der Waals surface area contributed by atoms with E-state index in [0.717, 1.165) is 31.4 Å². The third-order valence-corrected chi connectivity index (χ3v) is 5.35. The number of hydrogen-bond donors (Lipinski definition) is 0. The molecule has 0 bridgehead atoms. The molecule has 0 radical (unpaired) electrons. The number of benzene rings is 1. The molecule has 1 atom stereocenters. The number of rotatable bonds is 3. The van der Waals surface area contributed by atoms with Crippen LogP contribution in [0.1, 0.15) is 26.2 Å². The van der Waals surface area contributed by atoms with Crippen molar-refractivity contribution in [1.29, 1.82) is 0 Å². The summed E-state index contributed by atoms with van der Waals surface area (Å²) in [6.07, 6.45) is 2.58. The maximum atomic E-state index is 12.6. The van der Waals surface area contributed by atoms with Gasteiger partial charge in [-0.1, -0.05) is 0 Å². The van der Waals surface area contributed by atoms with E-state index >= 15 is 0 Å². The lowest BCUT2D eigenvalue weighted by Gasteiger charge is -2.35. The Bertz CT molecular complexity index is 718. The van der Waals surface area contributed by atoms with Crippen molar-refractivity contribution in [2.24, 2.45) is 0 Å². The van der Waals surface area contributed by atoms with Gasteiger partial charge >= 0.3 is 5.51 Å². The standard InChI is InChI=1S/C13H15F3N2O4S/c1-9-4-2-3-7-17(9)11-6-5-10(8-12(11)18(19)20)23(21,22)13(14,15)16/h5-6,8-9H,2-4,7H2,1H3/t9-/m1/s1. The van der Waals surface area contributed by atoms with Crippen LogP contribution in [0.2, 0.25) is 0 Å². The zero-order valence-electron chi connectivity index (χ0n) is 12.2. The molecule has 2 rings (SSSR count). The molecule has 0 N–H and O–H groups in total. The maximum Gasteiger partial charge on any atom is 0.501 e. The van der Waals surface area contributed by atoms with Gasteiger partial charge in [-0.2, -0.15) is 13.2 Å². The number of halogens is 3. The quantitative estimate of drug-likeness (QED) is 0.616. The molecule has 1 fully saturated rings. The minimum Gasteiger partial charge on any atom is -0.363 e. The van der Waals surface area contributed by atoms with E-state index in [1.165, 1.54) is 0 Å². The first-order valence-electron chi connectivity index (χ1n) is 6.92.